The minimum Gasteiger partial charge on any atom is -0.382 e. The van der Waals surface area contributed by atoms with Gasteiger partial charge in [0.1, 0.15) is 5.60 Å². The maximum atomic E-state index is 15.4. The number of H-pyrrole nitrogens is 1. The number of halogens is 1. The molecule has 0 aliphatic rings. The number of aliphatic hydroxyl groups is 1. The van der Waals surface area contributed by atoms with Gasteiger partial charge in [-0.05, 0) is 54.3 Å². The van der Waals surface area contributed by atoms with Crippen LogP contribution in [0.1, 0.15) is 24.4 Å². The minimum atomic E-state index is -1.69. The number of aromatic nitrogens is 3. The second kappa shape index (κ2) is 6.57. The van der Waals surface area contributed by atoms with Gasteiger partial charge in [-0.15, -0.1) is 0 Å². The molecule has 0 spiro atoms. The molecule has 5 rings (SSSR count). The van der Waals surface area contributed by atoms with Gasteiger partial charge in [-0.2, -0.15) is 5.10 Å². The first kappa shape index (κ1) is 17.6. The molecule has 4 nitrogen and oxygen atoms in total. The van der Waals surface area contributed by atoms with E-state index in [1.807, 2.05) is 65.3 Å². The lowest BCUT2D eigenvalue weighted by Gasteiger charge is -2.27. The number of rotatable bonds is 4. The highest BCUT2D eigenvalue weighted by Crippen LogP contribution is 2.39. The smallest absolute Gasteiger partial charge is 0.172 e. The molecule has 0 bridgehead atoms. The predicted octanol–water partition coefficient (Wildman–Crippen LogP) is 5.43. The summed E-state index contributed by atoms with van der Waals surface area (Å²) >= 11 is 0. The van der Waals surface area contributed by atoms with Gasteiger partial charge in [0.2, 0.25) is 0 Å². The number of hydrogen-bond acceptors (Lipinski definition) is 2. The van der Waals surface area contributed by atoms with Crippen LogP contribution in [-0.2, 0) is 5.60 Å². The van der Waals surface area contributed by atoms with Gasteiger partial charge in [-0.1, -0.05) is 42.5 Å². The fourth-order valence-electron chi connectivity index (χ4n) is 3.80. The Hall–Kier alpha value is -3.44. The topological polar surface area (TPSA) is 53.8 Å². The second-order valence-electron chi connectivity index (χ2n) is 7.49. The van der Waals surface area contributed by atoms with Crippen molar-refractivity contribution in [3.8, 4) is 5.69 Å². The molecule has 2 atom stereocenters. The van der Waals surface area contributed by atoms with Crippen molar-refractivity contribution >= 4 is 21.8 Å². The van der Waals surface area contributed by atoms with Crippen molar-refractivity contribution in [2.45, 2.75) is 18.7 Å². The first-order chi connectivity index (χ1) is 14.0. The molecule has 5 aromatic rings. The number of para-hydroxylation sites is 2. The summed E-state index contributed by atoms with van der Waals surface area (Å²) in [5, 5.41) is 17.3. The van der Waals surface area contributed by atoms with Crippen molar-refractivity contribution in [1.29, 1.82) is 0 Å². The molecule has 0 fully saturated rings. The molecule has 144 valence electrons. The fraction of sp³-hybridized carbons (Fsp3) is 0.125. The van der Waals surface area contributed by atoms with Gasteiger partial charge < -0.3 is 10.1 Å². The van der Waals surface area contributed by atoms with Crippen LogP contribution in [0.3, 0.4) is 0 Å². The quantitative estimate of drug-likeness (QED) is 0.434. The molecule has 5 heteroatoms. The summed E-state index contributed by atoms with van der Waals surface area (Å²) in [6.45, 7) is 1.51. The van der Waals surface area contributed by atoms with Gasteiger partial charge in [-0.25, -0.2) is 9.07 Å². The summed E-state index contributed by atoms with van der Waals surface area (Å²) in [7, 11) is 0. The minimum absolute atomic E-state index is 0.358. The van der Waals surface area contributed by atoms with Crippen LogP contribution < -0.4 is 0 Å². The highest BCUT2D eigenvalue weighted by Gasteiger charge is 2.36. The third kappa shape index (κ3) is 2.91. The number of fused-ring (bicyclic) bond motifs is 2. The molecular weight excluding hydrogens is 365 g/mol. The zero-order valence-electron chi connectivity index (χ0n) is 15.9. The van der Waals surface area contributed by atoms with Gasteiger partial charge in [0.25, 0.3) is 0 Å². The maximum Gasteiger partial charge on any atom is 0.172 e. The first-order valence-corrected chi connectivity index (χ1v) is 9.52. The van der Waals surface area contributed by atoms with Gasteiger partial charge in [0.05, 0.1) is 23.1 Å². The van der Waals surface area contributed by atoms with Crippen LogP contribution in [0.25, 0.3) is 27.5 Å². The lowest BCUT2D eigenvalue weighted by atomic mass is 9.88. The third-order valence-corrected chi connectivity index (χ3v) is 5.47. The van der Waals surface area contributed by atoms with Gasteiger partial charge >= 0.3 is 0 Å². The Morgan fingerprint density at radius 1 is 0.966 bits per heavy atom. The Kier molecular flexibility index (Phi) is 4.00. The second-order valence-corrected chi connectivity index (χ2v) is 7.49. The molecule has 0 saturated carbocycles. The Morgan fingerprint density at radius 2 is 1.72 bits per heavy atom. The van der Waals surface area contributed by atoms with E-state index in [9.17, 15) is 5.11 Å². The maximum absolute atomic E-state index is 15.4. The number of nitrogens with zero attached hydrogens (tertiary/aromatic N) is 2. The fourth-order valence-corrected chi connectivity index (χ4v) is 3.80. The standard InChI is InChI=1S/C24H20FN3O/c1-24(29,23(25)21-14-16-7-5-6-10-20(16)27-21)18-11-12-22-17(13-18)15-26-28(22)19-8-3-2-4-9-19/h2-15,23,27,29H,1H3. The normalized spacial score (nSPS) is 14.9. The van der Waals surface area contributed by atoms with E-state index in [1.165, 1.54) is 6.92 Å². The number of aromatic amines is 1. The molecule has 0 radical (unpaired) electrons. The average molecular weight is 385 g/mol. The van der Waals surface area contributed by atoms with Crippen molar-refractivity contribution in [2.75, 3.05) is 0 Å². The van der Waals surface area contributed by atoms with E-state index < -0.39 is 11.8 Å². The lowest BCUT2D eigenvalue weighted by molar-refractivity contribution is -0.0274. The summed E-state index contributed by atoms with van der Waals surface area (Å²) in [4.78, 5) is 3.08. The van der Waals surface area contributed by atoms with Crippen molar-refractivity contribution in [1.82, 2.24) is 14.8 Å². The number of alkyl halides is 1. The van der Waals surface area contributed by atoms with E-state index in [0.29, 0.717) is 11.3 Å². The molecule has 0 aliphatic heterocycles. The highest BCUT2D eigenvalue weighted by atomic mass is 19.1. The lowest BCUT2D eigenvalue weighted by Crippen LogP contribution is -2.27. The summed E-state index contributed by atoms with van der Waals surface area (Å²) in [5.41, 5.74) is 1.87. The van der Waals surface area contributed by atoms with E-state index in [-0.39, 0.29) is 0 Å². The Labute approximate surface area is 167 Å². The SMILES string of the molecule is CC(O)(c1ccc2c(cnn2-c2ccccc2)c1)C(F)c1cc2ccccc2[nH]1. The van der Waals surface area contributed by atoms with Crippen LogP contribution in [-0.4, -0.2) is 19.9 Å². The van der Waals surface area contributed by atoms with Crippen LogP contribution in [0.2, 0.25) is 0 Å². The number of benzene rings is 3. The number of hydrogen-bond donors (Lipinski definition) is 2. The van der Waals surface area contributed by atoms with Crippen LogP contribution in [0, 0.1) is 0 Å². The van der Waals surface area contributed by atoms with Crippen molar-refractivity contribution in [2.24, 2.45) is 0 Å². The zero-order valence-corrected chi connectivity index (χ0v) is 15.9. The van der Waals surface area contributed by atoms with Gasteiger partial charge in [0, 0.05) is 10.9 Å². The molecule has 3 aromatic carbocycles. The molecule has 2 heterocycles. The third-order valence-electron chi connectivity index (χ3n) is 5.47. The predicted molar refractivity (Wildman–Crippen MR) is 113 cm³/mol. The zero-order chi connectivity index (χ0) is 20.0. The summed E-state index contributed by atoms with van der Waals surface area (Å²) in [6.07, 6.45) is 0.134. The van der Waals surface area contributed by atoms with E-state index in [2.05, 4.69) is 10.1 Å². The Bertz CT molecular complexity index is 1270. The molecule has 0 aliphatic carbocycles. The van der Waals surface area contributed by atoms with E-state index >= 15 is 4.39 Å². The molecule has 0 amide bonds. The first-order valence-electron chi connectivity index (χ1n) is 9.52. The molecular formula is C24H20FN3O. The van der Waals surface area contributed by atoms with Crippen molar-refractivity contribution in [3.63, 3.8) is 0 Å². The van der Waals surface area contributed by atoms with Gasteiger partial charge in [-0.3, -0.25) is 0 Å². The van der Waals surface area contributed by atoms with E-state index in [4.69, 9.17) is 0 Å². The monoisotopic (exact) mass is 385 g/mol. The Balaban J connectivity index is 1.53. The molecule has 2 N–H and O–H groups in total. The van der Waals surface area contributed by atoms with Crippen LogP contribution in [0.5, 0.6) is 0 Å². The van der Waals surface area contributed by atoms with Crippen LogP contribution >= 0.6 is 0 Å². The van der Waals surface area contributed by atoms with Crippen molar-refractivity contribution in [3.05, 3.63) is 96.3 Å². The van der Waals surface area contributed by atoms with Crippen LogP contribution in [0.15, 0.2) is 85.1 Å². The molecule has 29 heavy (non-hydrogen) atoms. The van der Waals surface area contributed by atoms with Crippen LogP contribution in [0.4, 0.5) is 4.39 Å². The average Bonchev–Trinajstić information content (AvgIpc) is 3.37. The molecule has 2 unspecified atom stereocenters. The number of nitrogens with one attached hydrogen (secondary N) is 1. The van der Waals surface area contributed by atoms with Gasteiger partial charge in [0.15, 0.2) is 6.17 Å². The van der Waals surface area contributed by atoms with E-state index in [0.717, 1.165) is 27.5 Å². The summed E-state index contributed by atoms with van der Waals surface area (Å²) in [6, 6.07) is 24.6. The highest BCUT2D eigenvalue weighted by molar-refractivity contribution is 5.82. The van der Waals surface area contributed by atoms with Crippen molar-refractivity contribution < 1.29 is 9.50 Å². The largest absolute Gasteiger partial charge is 0.382 e. The molecule has 0 saturated heterocycles. The molecule has 2 aromatic heterocycles. The Morgan fingerprint density at radius 3 is 2.52 bits per heavy atom. The van der Waals surface area contributed by atoms with E-state index in [1.54, 1.807) is 24.4 Å². The summed E-state index contributed by atoms with van der Waals surface area (Å²) in [5.74, 6) is 0. The summed E-state index contributed by atoms with van der Waals surface area (Å²) < 4.78 is 17.2.